The first-order valence-electron chi connectivity index (χ1n) is 9.41. The van der Waals surface area contributed by atoms with E-state index in [-0.39, 0.29) is 5.91 Å². The van der Waals surface area contributed by atoms with Crippen LogP contribution in [0.2, 0.25) is 0 Å². The van der Waals surface area contributed by atoms with Crippen LogP contribution < -0.4 is 0 Å². The molecule has 0 bridgehead atoms. The summed E-state index contributed by atoms with van der Waals surface area (Å²) in [6.45, 7) is 1.54. The van der Waals surface area contributed by atoms with Crippen LogP contribution in [-0.2, 0) is 11.2 Å². The highest BCUT2D eigenvalue weighted by Gasteiger charge is 2.30. The smallest absolute Gasteiger partial charge is 0.247 e. The molecule has 27 heavy (non-hydrogen) atoms. The van der Waals surface area contributed by atoms with Crippen LogP contribution in [-0.4, -0.2) is 44.1 Å². The third-order valence-electron chi connectivity index (χ3n) is 5.32. The van der Waals surface area contributed by atoms with E-state index in [1.807, 2.05) is 41.3 Å². The number of piperidine rings is 1. The first-order valence-corrected chi connectivity index (χ1v) is 9.41. The molecule has 1 aliphatic rings. The monoisotopic (exact) mass is 361 g/mol. The maximum Gasteiger partial charge on any atom is 0.247 e. The predicted octanol–water partition coefficient (Wildman–Crippen LogP) is 2.86. The highest BCUT2D eigenvalue weighted by molar-refractivity contribution is 5.80. The van der Waals surface area contributed by atoms with Gasteiger partial charge in [0.05, 0.1) is 0 Å². The minimum atomic E-state index is -0.407. The summed E-state index contributed by atoms with van der Waals surface area (Å²) >= 11 is 0. The van der Waals surface area contributed by atoms with E-state index in [0.29, 0.717) is 12.3 Å². The van der Waals surface area contributed by atoms with Gasteiger partial charge in [-0.1, -0.05) is 60.7 Å². The van der Waals surface area contributed by atoms with Crippen molar-refractivity contribution in [2.24, 2.45) is 0 Å². The van der Waals surface area contributed by atoms with E-state index in [4.69, 9.17) is 0 Å². The number of amides is 1. The zero-order valence-corrected chi connectivity index (χ0v) is 15.2. The van der Waals surface area contributed by atoms with Crippen LogP contribution >= 0.6 is 0 Å². The molecule has 1 aliphatic heterocycles. The molecule has 0 N–H and O–H groups in total. The number of aromatic nitrogens is 4. The minimum Gasteiger partial charge on any atom is -0.341 e. The summed E-state index contributed by atoms with van der Waals surface area (Å²) < 4.78 is 1.58. The number of benzene rings is 2. The molecule has 1 atom stereocenters. The van der Waals surface area contributed by atoms with Gasteiger partial charge in [0.25, 0.3) is 0 Å². The molecular weight excluding hydrogens is 338 g/mol. The van der Waals surface area contributed by atoms with Crippen molar-refractivity contribution in [1.29, 1.82) is 0 Å². The van der Waals surface area contributed by atoms with Gasteiger partial charge in [-0.2, -0.15) is 0 Å². The Hall–Kier alpha value is -3.02. The molecule has 4 rings (SSSR count). The zero-order valence-electron chi connectivity index (χ0n) is 15.2. The Kier molecular flexibility index (Phi) is 5.23. The Labute approximate surface area is 158 Å². The van der Waals surface area contributed by atoms with Crippen molar-refractivity contribution in [2.75, 3.05) is 13.1 Å². The second kappa shape index (κ2) is 8.12. The van der Waals surface area contributed by atoms with Crippen molar-refractivity contribution in [3.05, 3.63) is 78.1 Å². The maximum atomic E-state index is 13.3. The summed E-state index contributed by atoms with van der Waals surface area (Å²) in [7, 11) is 0. The van der Waals surface area contributed by atoms with Gasteiger partial charge in [-0.3, -0.25) is 4.79 Å². The first-order chi connectivity index (χ1) is 13.3. The second-order valence-electron chi connectivity index (χ2n) is 7.01. The summed E-state index contributed by atoms with van der Waals surface area (Å²) in [6, 6.07) is 20.2. The Morgan fingerprint density at radius 3 is 2.30 bits per heavy atom. The average molecular weight is 361 g/mol. The van der Waals surface area contributed by atoms with Crippen molar-refractivity contribution >= 4 is 5.91 Å². The zero-order chi connectivity index (χ0) is 18.5. The molecule has 3 aromatic rings. The lowest BCUT2D eigenvalue weighted by atomic mass is 9.89. The largest absolute Gasteiger partial charge is 0.341 e. The fraction of sp³-hybridized carbons (Fsp3) is 0.333. The Balaban J connectivity index is 1.46. The molecule has 0 saturated carbocycles. The van der Waals surface area contributed by atoms with Gasteiger partial charge in [0.1, 0.15) is 12.4 Å². The van der Waals surface area contributed by atoms with Crippen LogP contribution in [0.3, 0.4) is 0 Å². The molecule has 2 aromatic carbocycles. The van der Waals surface area contributed by atoms with Gasteiger partial charge in [0.15, 0.2) is 0 Å². The fourth-order valence-electron chi connectivity index (χ4n) is 3.81. The van der Waals surface area contributed by atoms with E-state index in [0.717, 1.165) is 31.5 Å². The summed E-state index contributed by atoms with van der Waals surface area (Å²) in [5, 5.41) is 11.5. The average Bonchev–Trinajstić information content (AvgIpc) is 3.28. The maximum absolute atomic E-state index is 13.3. The highest BCUT2D eigenvalue weighted by Crippen LogP contribution is 2.29. The molecule has 1 aromatic heterocycles. The lowest BCUT2D eigenvalue weighted by Gasteiger charge is -2.34. The van der Waals surface area contributed by atoms with Crippen molar-refractivity contribution in [1.82, 2.24) is 25.1 Å². The summed E-state index contributed by atoms with van der Waals surface area (Å²) in [5.41, 5.74) is 2.47. The van der Waals surface area contributed by atoms with Gasteiger partial charge in [-0.05, 0) is 40.3 Å². The van der Waals surface area contributed by atoms with E-state index < -0.39 is 6.04 Å². The third kappa shape index (κ3) is 4.05. The molecule has 0 radical (unpaired) electrons. The molecule has 6 nitrogen and oxygen atoms in total. The summed E-state index contributed by atoms with van der Waals surface area (Å²) in [6.07, 6.45) is 4.10. The lowest BCUT2D eigenvalue weighted by molar-refractivity contribution is -0.136. The van der Waals surface area contributed by atoms with E-state index in [2.05, 4.69) is 39.8 Å². The minimum absolute atomic E-state index is 0.0951. The topological polar surface area (TPSA) is 63.9 Å². The van der Waals surface area contributed by atoms with Gasteiger partial charge in [0.2, 0.25) is 5.91 Å². The fourth-order valence-corrected chi connectivity index (χ4v) is 3.81. The van der Waals surface area contributed by atoms with Gasteiger partial charge in [-0.15, -0.1) is 5.10 Å². The molecule has 0 aliphatic carbocycles. The summed E-state index contributed by atoms with van der Waals surface area (Å²) in [5.74, 6) is 0.619. The van der Waals surface area contributed by atoms with Crippen LogP contribution in [0.1, 0.15) is 35.9 Å². The molecule has 138 valence electrons. The number of nitrogens with zero attached hydrogens (tertiary/aromatic N) is 5. The van der Waals surface area contributed by atoms with E-state index in [1.165, 1.54) is 11.9 Å². The molecular formula is C21H23N5O. The standard InChI is InChI=1S/C21H23N5O/c27-21(25-13-11-19(12-14-25)18-9-5-2-6-10-18)20(26-16-22-23-24-26)15-17-7-3-1-4-8-17/h1-10,16,19-20H,11-15H2. The quantitative estimate of drug-likeness (QED) is 0.701. The van der Waals surface area contributed by atoms with Crippen molar-refractivity contribution in [2.45, 2.75) is 31.2 Å². The number of rotatable bonds is 5. The number of tetrazole rings is 1. The molecule has 1 fully saturated rings. The van der Waals surface area contributed by atoms with E-state index in [9.17, 15) is 4.79 Å². The number of hydrogen-bond acceptors (Lipinski definition) is 4. The molecule has 1 saturated heterocycles. The molecule has 2 heterocycles. The summed E-state index contributed by atoms with van der Waals surface area (Å²) in [4.78, 5) is 15.2. The predicted molar refractivity (Wildman–Crippen MR) is 102 cm³/mol. The van der Waals surface area contributed by atoms with Gasteiger partial charge in [0, 0.05) is 19.5 Å². The highest BCUT2D eigenvalue weighted by atomic mass is 16.2. The van der Waals surface area contributed by atoms with Gasteiger partial charge >= 0.3 is 0 Å². The van der Waals surface area contributed by atoms with Crippen LogP contribution in [0, 0.1) is 0 Å². The number of carbonyl (C=O) groups excluding carboxylic acids is 1. The van der Waals surface area contributed by atoms with Gasteiger partial charge in [-0.25, -0.2) is 4.68 Å². The van der Waals surface area contributed by atoms with E-state index in [1.54, 1.807) is 4.68 Å². The van der Waals surface area contributed by atoms with Crippen LogP contribution in [0.15, 0.2) is 67.0 Å². The molecule has 0 spiro atoms. The van der Waals surface area contributed by atoms with Crippen molar-refractivity contribution < 1.29 is 4.79 Å². The SMILES string of the molecule is O=C(C(Cc1ccccc1)n1cnnn1)N1CCC(c2ccccc2)CC1. The van der Waals surface area contributed by atoms with Crippen molar-refractivity contribution in [3.8, 4) is 0 Å². The third-order valence-corrected chi connectivity index (χ3v) is 5.32. The first kappa shape index (κ1) is 17.4. The Morgan fingerprint density at radius 1 is 1.00 bits per heavy atom. The Bertz CT molecular complexity index is 843. The normalized spacial score (nSPS) is 16.2. The number of carbonyl (C=O) groups is 1. The molecule has 1 unspecified atom stereocenters. The molecule has 6 heteroatoms. The Morgan fingerprint density at radius 2 is 1.67 bits per heavy atom. The van der Waals surface area contributed by atoms with Gasteiger partial charge < -0.3 is 4.90 Å². The van der Waals surface area contributed by atoms with E-state index >= 15 is 0 Å². The number of hydrogen-bond donors (Lipinski definition) is 0. The van der Waals surface area contributed by atoms with Crippen LogP contribution in [0.4, 0.5) is 0 Å². The molecule has 1 amide bonds. The van der Waals surface area contributed by atoms with Crippen molar-refractivity contribution in [3.63, 3.8) is 0 Å². The van der Waals surface area contributed by atoms with Crippen LogP contribution in [0.5, 0.6) is 0 Å². The van der Waals surface area contributed by atoms with Crippen LogP contribution in [0.25, 0.3) is 0 Å². The second-order valence-corrected chi connectivity index (χ2v) is 7.01. The number of likely N-dealkylation sites (tertiary alicyclic amines) is 1. The lowest BCUT2D eigenvalue weighted by Crippen LogP contribution is -2.42.